The third kappa shape index (κ3) is 3.46. The van der Waals surface area contributed by atoms with E-state index in [0.717, 1.165) is 36.3 Å². The molecular formula is C17H20N4O2S. The van der Waals surface area contributed by atoms with Crippen molar-refractivity contribution in [3.63, 3.8) is 0 Å². The number of imidazole rings is 1. The molecule has 24 heavy (non-hydrogen) atoms. The Morgan fingerprint density at radius 3 is 2.71 bits per heavy atom. The number of hydrogen-bond acceptors (Lipinski definition) is 5. The molecule has 0 fully saturated rings. The zero-order valence-corrected chi connectivity index (χ0v) is 14.6. The second-order valence-corrected chi connectivity index (χ2v) is 7.84. The first-order valence-corrected chi connectivity index (χ1v) is 9.83. The Hall–Kier alpha value is -2.28. The minimum absolute atomic E-state index is 0.340. The minimum Gasteiger partial charge on any atom is -0.311 e. The summed E-state index contributed by atoms with van der Waals surface area (Å²) in [7, 11) is -3.28. The molecule has 0 N–H and O–H groups in total. The number of rotatable bonds is 6. The number of sulfone groups is 1. The van der Waals surface area contributed by atoms with Crippen molar-refractivity contribution in [3.05, 3.63) is 48.2 Å². The number of benzene rings is 1. The van der Waals surface area contributed by atoms with Crippen molar-refractivity contribution in [1.82, 2.24) is 19.5 Å². The van der Waals surface area contributed by atoms with E-state index in [2.05, 4.69) is 21.9 Å². The van der Waals surface area contributed by atoms with Gasteiger partial charge >= 0.3 is 0 Å². The SMILES string of the molecule is CCCCc1ncc2ncn(Cc3ccccc3S(C)(=O)=O)c2n1. The molecule has 0 aliphatic rings. The van der Waals surface area contributed by atoms with Crippen LogP contribution in [0.15, 0.2) is 41.7 Å². The van der Waals surface area contributed by atoms with Gasteiger partial charge in [-0.2, -0.15) is 0 Å². The van der Waals surface area contributed by atoms with E-state index in [1.54, 1.807) is 24.7 Å². The van der Waals surface area contributed by atoms with Crippen LogP contribution in [-0.4, -0.2) is 34.2 Å². The summed E-state index contributed by atoms with van der Waals surface area (Å²) in [5, 5.41) is 0. The summed E-state index contributed by atoms with van der Waals surface area (Å²) >= 11 is 0. The smallest absolute Gasteiger partial charge is 0.175 e. The van der Waals surface area contributed by atoms with Gasteiger partial charge in [0.15, 0.2) is 15.5 Å². The average molecular weight is 344 g/mol. The molecule has 0 atom stereocenters. The molecular weight excluding hydrogens is 324 g/mol. The van der Waals surface area contributed by atoms with E-state index in [1.165, 1.54) is 6.26 Å². The number of aromatic nitrogens is 4. The second kappa shape index (κ2) is 6.68. The lowest BCUT2D eigenvalue weighted by molar-refractivity contribution is 0.600. The predicted octanol–water partition coefficient (Wildman–Crippen LogP) is 2.62. The molecule has 0 radical (unpaired) electrons. The zero-order chi connectivity index (χ0) is 17.2. The van der Waals surface area contributed by atoms with Gasteiger partial charge in [-0.15, -0.1) is 0 Å². The molecule has 2 heterocycles. The fourth-order valence-electron chi connectivity index (χ4n) is 2.64. The van der Waals surface area contributed by atoms with E-state index in [-0.39, 0.29) is 0 Å². The Morgan fingerprint density at radius 1 is 1.17 bits per heavy atom. The number of nitrogens with zero attached hydrogens (tertiary/aromatic N) is 4. The van der Waals surface area contributed by atoms with Crippen LogP contribution in [0.4, 0.5) is 0 Å². The Labute approximate surface area is 141 Å². The summed E-state index contributed by atoms with van der Waals surface area (Å²) in [6, 6.07) is 7.02. The molecule has 3 rings (SSSR count). The summed E-state index contributed by atoms with van der Waals surface area (Å²) in [5.41, 5.74) is 2.18. The van der Waals surface area contributed by atoms with Crippen LogP contribution in [0, 0.1) is 0 Å². The number of hydrogen-bond donors (Lipinski definition) is 0. The Kier molecular flexibility index (Phi) is 4.62. The maximum Gasteiger partial charge on any atom is 0.175 e. The number of unbranched alkanes of at least 4 members (excludes halogenated alkanes) is 1. The molecule has 6 nitrogen and oxygen atoms in total. The van der Waals surface area contributed by atoms with Gasteiger partial charge in [-0.05, 0) is 18.1 Å². The highest BCUT2D eigenvalue weighted by Crippen LogP contribution is 2.19. The molecule has 0 aliphatic carbocycles. The fourth-order valence-corrected chi connectivity index (χ4v) is 3.58. The van der Waals surface area contributed by atoms with Crippen molar-refractivity contribution in [1.29, 1.82) is 0 Å². The van der Waals surface area contributed by atoms with Crippen LogP contribution in [-0.2, 0) is 22.8 Å². The molecule has 0 saturated carbocycles. The van der Waals surface area contributed by atoms with Gasteiger partial charge in [-0.3, -0.25) is 0 Å². The first-order chi connectivity index (χ1) is 11.5. The van der Waals surface area contributed by atoms with Gasteiger partial charge in [0.2, 0.25) is 0 Å². The Bertz CT molecular complexity index is 964. The Morgan fingerprint density at radius 2 is 1.96 bits per heavy atom. The van der Waals surface area contributed by atoms with E-state index >= 15 is 0 Å². The molecule has 0 bridgehead atoms. The fraction of sp³-hybridized carbons (Fsp3) is 0.353. The third-order valence-corrected chi connectivity index (χ3v) is 5.07. The van der Waals surface area contributed by atoms with E-state index in [9.17, 15) is 8.42 Å². The molecule has 126 valence electrons. The highest BCUT2D eigenvalue weighted by molar-refractivity contribution is 7.90. The molecule has 0 amide bonds. The molecule has 3 aromatic rings. The van der Waals surface area contributed by atoms with Crippen molar-refractivity contribution < 1.29 is 8.42 Å². The lowest BCUT2D eigenvalue weighted by atomic mass is 10.2. The highest BCUT2D eigenvalue weighted by atomic mass is 32.2. The number of aryl methyl sites for hydroxylation is 1. The lowest BCUT2D eigenvalue weighted by Gasteiger charge is -2.09. The minimum atomic E-state index is -3.28. The first-order valence-electron chi connectivity index (χ1n) is 7.93. The zero-order valence-electron chi connectivity index (χ0n) is 13.8. The summed E-state index contributed by atoms with van der Waals surface area (Å²) < 4.78 is 25.8. The molecule has 0 unspecified atom stereocenters. The average Bonchev–Trinajstić information content (AvgIpc) is 2.95. The van der Waals surface area contributed by atoms with Crippen LogP contribution in [0.25, 0.3) is 11.2 Å². The van der Waals surface area contributed by atoms with Crippen LogP contribution in [0.1, 0.15) is 31.2 Å². The summed E-state index contributed by atoms with van der Waals surface area (Å²) in [6.45, 7) is 2.54. The monoisotopic (exact) mass is 344 g/mol. The van der Waals surface area contributed by atoms with Crippen molar-refractivity contribution in [2.24, 2.45) is 0 Å². The molecule has 0 aliphatic heterocycles. The van der Waals surface area contributed by atoms with Crippen molar-refractivity contribution in [2.45, 2.75) is 37.6 Å². The maximum absolute atomic E-state index is 12.0. The topological polar surface area (TPSA) is 77.7 Å². The van der Waals surface area contributed by atoms with Crippen molar-refractivity contribution in [3.8, 4) is 0 Å². The standard InChI is InChI=1S/C17H20N4O2S/c1-3-4-9-16-18-10-14-17(20-16)21(12-19-14)11-13-7-5-6-8-15(13)24(2,22)23/h5-8,10,12H,3-4,9,11H2,1-2H3. The van der Waals surface area contributed by atoms with Gasteiger partial charge in [-0.25, -0.2) is 23.4 Å². The van der Waals surface area contributed by atoms with E-state index in [0.29, 0.717) is 17.0 Å². The van der Waals surface area contributed by atoms with Gasteiger partial charge in [0.1, 0.15) is 11.3 Å². The van der Waals surface area contributed by atoms with Crippen molar-refractivity contribution >= 4 is 21.0 Å². The van der Waals surface area contributed by atoms with E-state index in [1.807, 2.05) is 16.7 Å². The quantitative estimate of drug-likeness (QED) is 0.687. The van der Waals surface area contributed by atoms with Gasteiger partial charge in [0.05, 0.1) is 24.0 Å². The summed E-state index contributed by atoms with van der Waals surface area (Å²) in [6.07, 6.45) is 7.59. The summed E-state index contributed by atoms with van der Waals surface area (Å²) in [4.78, 5) is 13.6. The van der Waals surface area contributed by atoms with Crippen LogP contribution < -0.4 is 0 Å². The van der Waals surface area contributed by atoms with Crippen molar-refractivity contribution in [2.75, 3.05) is 6.26 Å². The second-order valence-electron chi connectivity index (χ2n) is 5.85. The molecule has 2 aromatic heterocycles. The molecule has 0 saturated heterocycles. The molecule has 0 spiro atoms. The molecule has 1 aromatic carbocycles. The van der Waals surface area contributed by atoms with Gasteiger partial charge in [0.25, 0.3) is 0 Å². The first kappa shape index (κ1) is 16.6. The van der Waals surface area contributed by atoms with Gasteiger partial charge in [0, 0.05) is 12.7 Å². The van der Waals surface area contributed by atoms with E-state index in [4.69, 9.17) is 0 Å². The largest absolute Gasteiger partial charge is 0.311 e. The van der Waals surface area contributed by atoms with Crippen LogP contribution in [0.2, 0.25) is 0 Å². The van der Waals surface area contributed by atoms with Gasteiger partial charge < -0.3 is 4.57 Å². The molecule has 7 heteroatoms. The van der Waals surface area contributed by atoms with Crippen LogP contribution in [0.5, 0.6) is 0 Å². The van der Waals surface area contributed by atoms with E-state index < -0.39 is 9.84 Å². The van der Waals surface area contributed by atoms with Gasteiger partial charge in [-0.1, -0.05) is 31.5 Å². The highest BCUT2D eigenvalue weighted by Gasteiger charge is 2.14. The summed E-state index contributed by atoms with van der Waals surface area (Å²) in [5.74, 6) is 0.794. The third-order valence-electron chi connectivity index (χ3n) is 3.87. The van der Waals surface area contributed by atoms with Crippen LogP contribution >= 0.6 is 0 Å². The normalized spacial score (nSPS) is 11.9. The Balaban J connectivity index is 1.99. The lowest BCUT2D eigenvalue weighted by Crippen LogP contribution is -2.07. The number of fused-ring (bicyclic) bond motifs is 1. The predicted molar refractivity (Wildman–Crippen MR) is 92.6 cm³/mol. The van der Waals surface area contributed by atoms with Crippen LogP contribution in [0.3, 0.4) is 0 Å². The maximum atomic E-state index is 12.0.